The Morgan fingerprint density at radius 1 is 1.59 bits per heavy atom. The highest BCUT2D eigenvalue weighted by Crippen LogP contribution is 2.21. The van der Waals surface area contributed by atoms with E-state index < -0.39 is 5.97 Å². The number of amides is 1. The average Bonchev–Trinajstić information content (AvgIpc) is 2.79. The lowest BCUT2D eigenvalue weighted by atomic mass is 10.1. The van der Waals surface area contributed by atoms with Gasteiger partial charge in [-0.15, -0.1) is 11.6 Å². The number of aromatic amines is 1. The molecule has 6 nitrogen and oxygen atoms in total. The van der Waals surface area contributed by atoms with Crippen molar-refractivity contribution in [3.8, 4) is 0 Å². The fourth-order valence-electron chi connectivity index (χ4n) is 1.86. The van der Waals surface area contributed by atoms with Gasteiger partial charge < -0.3 is 9.64 Å². The third-order valence-electron chi connectivity index (χ3n) is 2.78. The van der Waals surface area contributed by atoms with E-state index in [9.17, 15) is 9.59 Å². The minimum absolute atomic E-state index is 0.0548. The molecule has 92 valence electrons. The quantitative estimate of drug-likeness (QED) is 0.612. The predicted molar refractivity (Wildman–Crippen MR) is 59.8 cm³/mol. The topological polar surface area (TPSA) is 75.3 Å². The standard InChI is InChI=1S/C10H12ClN3O3/c1-17-10(16)9-6-5-14(8(15)4-11)3-2-7(6)12-13-9/h2-5H2,1H3,(H,12,13). The van der Waals surface area contributed by atoms with Crippen molar-refractivity contribution in [1.29, 1.82) is 0 Å². The molecular formula is C10H12ClN3O3. The molecule has 1 aromatic rings. The van der Waals surface area contributed by atoms with Crippen molar-refractivity contribution in [1.82, 2.24) is 15.1 Å². The van der Waals surface area contributed by atoms with Crippen LogP contribution in [0.3, 0.4) is 0 Å². The monoisotopic (exact) mass is 257 g/mol. The number of esters is 1. The maximum Gasteiger partial charge on any atom is 0.358 e. The van der Waals surface area contributed by atoms with Gasteiger partial charge in [-0.05, 0) is 0 Å². The molecule has 1 aliphatic rings. The summed E-state index contributed by atoms with van der Waals surface area (Å²) in [5.74, 6) is -0.696. The van der Waals surface area contributed by atoms with Crippen LogP contribution in [0.25, 0.3) is 0 Å². The Morgan fingerprint density at radius 3 is 3.00 bits per heavy atom. The molecule has 1 N–H and O–H groups in total. The van der Waals surface area contributed by atoms with Crippen LogP contribution < -0.4 is 0 Å². The zero-order valence-electron chi connectivity index (χ0n) is 9.33. The summed E-state index contributed by atoms with van der Waals surface area (Å²) in [7, 11) is 1.30. The number of nitrogens with one attached hydrogen (secondary N) is 1. The molecule has 0 bridgehead atoms. The van der Waals surface area contributed by atoms with E-state index in [0.717, 1.165) is 11.3 Å². The first-order chi connectivity index (χ1) is 8.17. The van der Waals surface area contributed by atoms with E-state index in [1.807, 2.05) is 0 Å². The van der Waals surface area contributed by atoms with E-state index in [2.05, 4.69) is 14.9 Å². The first-order valence-electron chi connectivity index (χ1n) is 5.15. The van der Waals surface area contributed by atoms with Gasteiger partial charge in [0.2, 0.25) is 5.91 Å². The fraction of sp³-hybridized carbons (Fsp3) is 0.500. The van der Waals surface area contributed by atoms with Gasteiger partial charge in [0.05, 0.1) is 7.11 Å². The molecule has 0 aliphatic carbocycles. The Labute approximate surface area is 103 Å². The summed E-state index contributed by atoms with van der Waals surface area (Å²) in [6, 6.07) is 0. The van der Waals surface area contributed by atoms with Gasteiger partial charge in [0.25, 0.3) is 0 Å². The van der Waals surface area contributed by atoms with E-state index in [1.54, 1.807) is 4.90 Å². The van der Waals surface area contributed by atoms with Crippen LogP contribution in [0.4, 0.5) is 0 Å². The lowest BCUT2D eigenvalue weighted by molar-refractivity contribution is -0.129. The third-order valence-corrected chi connectivity index (χ3v) is 3.01. The van der Waals surface area contributed by atoms with Crippen LogP contribution in [-0.4, -0.2) is 46.5 Å². The number of hydrogen-bond acceptors (Lipinski definition) is 4. The lowest BCUT2D eigenvalue weighted by Gasteiger charge is -2.26. The maximum atomic E-state index is 11.5. The maximum absolute atomic E-state index is 11.5. The summed E-state index contributed by atoms with van der Waals surface area (Å²) >= 11 is 5.51. The summed E-state index contributed by atoms with van der Waals surface area (Å²) in [4.78, 5) is 24.6. The molecule has 2 rings (SSSR count). The first-order valence-corrected chi connectivity index (χ1v) is 5.69. The molecular weight excluding hydrogens is 246 g/mol. The number of rotatable bonds is 2. The van der Waals surface area contributed by atoms with E-state index in [0.29, 0.717) is 19.5 Å². The Morgan fingerprint density at radius 2 is 2.35 bits per heavy atom. The van der Waals surface area contributed by atoms with Crippen LogP contribution in [0.1, 0.15) is 21.7 Å². The number of nitrogens with zero attached hydrogens (tertiary/aromatic N) is 2. The van der Waals surface area contributed by atoms with Crippen molar-refractivity contribution >= 4 is 23.5 Å². The highest BCUT2D eigenvalue weighted by Gasteiger charge is 2.27. The van der Waals surface area contributed by atoms with Crippen molar-refractivity contribution in [3.05, 3.63) is 17.0 Å². The van der Waals surface area contributed by atoms with Gasteiger partial charge in [0, 0.05) is 30.8 Å². The van der Waals surface area contributed by atoms with Crippen LogP contribution in [-0.2, 0) is 22.5 Å². The van der Waals surface area contributed by atoms with Gasteiger partial charge in [-0.1, -0.05) is 0 Å². The second-order valence-electron chi connectivity index (χ2n) is 3.72. The molecule has 0 saturated carbocycles. The number of ether oxygens (including phenoxy) is 1. The van der Waals surface area contributed by atoms with Gasteiger partial charge in [0.1, 0.15) is 5.88 Å². The van der Waals surface area contributed by atoms with E-state index >= 15 is 0 Å². The van der Waals surface area contributed by atoms with Crippen molar-refractivity contribution < 1.29 is 14.3 Å². The van der Waals surface area contributed by atoms with E-state index in [1.165, 1.54) is 7.11 Å². The summed E-state index contributed by atoms with van der Waals surface area (Å²) in [6.07, 6.45) is 0.641. The number of carbonyl (C=O) groups is 2. The highest BCUT2D eigenvalue weighted by atomic mass is 35.5. The van der Waals surface area contributed by atoms with Crippen LogP contribution in [0.15, 0.2) is 0 Å². The summed E-state index contributed by atoms with van der Waals surface area (Å²) < 4.78 is 4.63. The minimum Gasteiger partial charge on any atom is -0.464 e. The van der Waals surface area contributed by atoms with Crippen LogP contribution in [0.5, 0.6) is 0 Å². The van der Waals surface area contributed by atoms with Crippen molar-refractivity contribution in [2.24, 2.45) is 0 Å². The average molecular weight is 258 g/mol. The Hall–Kier alpha value is -1.56. The summed E-state index contributed by atoms with van der Waals surface area (Å²) in [6.45, 7) is 0.934. The minimum atomic E-state index is -0.498. The highest BCUT2D eigenvalue weighted by molar-refractivity contribution is 6.27. The molecule has 1 aliphatic heterocycles. The molecule has 0 atom stereocenters. The van der Waals surface area contributed by atoms with Gasteiger partial charge >= 0.3 is 5.97 Å². The molecule has 17 heavy (non-hydrogen) atoms. The van der Waals surface area contributed by atoms with Crippen LogP contribution in [0, 0.1) is 0 Å². The van der Waals surface area contributed by atoms with Gasteiger partial charge in [-0.2, -0.15) is 5.10 Å². The smallest absolute Gasteiger partial charge is 0.358 e. The number of hydrogen-bond donors (Lipinski definition) is 1. The molecule has 2 heterocycles. The molecule has 7 heteroatoms. The molecule has 0 unspecified atom stereocenters. The molecule has 0 saturated heterocycles. The number of methoxy groups -OCH3 is 1. The first kappa shape index (κ1) is 11.9. The van der Waals surface area contributed by atoms with E-state index in [4.69, 9.17) is 11.6 Å². The SMILES string of the molecule is COC(=O)c1n[nH]c2c1CN(C(=O)CCl)CC2. The van der Waals surface area contributed by atoms with Crippen molar-refractivity contribution in [2.75, 3.05) is 19.5 Å². The molecule has 0 fully saturated rings. The van der Waals surface area contributed by atoms with Crippen molar-refractivity contribution in [3.63, 3.8) is 0 Å². The van der Waals surface area contributed by atoms with E-state index in [-0.39, 0.29) is 17.5 Å². The second-order valence-corrected chi connectivity index (χ2v) is 3.99. The molecule has 1 amide bonds. The molecule has 0 spiro atoms. The number of carbonyl (C=O) groups excluding carboxylic acids is 2. The summed E-state index contributed by atoms with van der Waals surface area (Å²) in [5, 5.41) is 6.71. The fourth-order valence-corrected chi connectivity index (χ4v) is 2.03. The normalized spacial score (nSPS) is 14.4. The van der Waals surface area contributed by atoms with Crippen LogP contribution >= 0.6 is 11.6 Å². The molecule has 1 aromatic heterocycles. The number of alkyl halides is 1. The number of H-pyrrole nitrogens is 1. The van der Waals surface area contributed by atoms with Gasteiger partial charge in [-0.3, -0.25) is 9.89 Å². The van der Waals surface area contributed by atoms with Gasteiger partial charge in [0.15, 0.2) is 5.69 Å². The molecule has 0 aromatic carbocycles. The Kier molecular flexibility index (Phi) is 3.33. The number of fused-ring (bicyclic) bond motifs is 1. The van der Waals surface area contributed by atoms with Crippen molar-refractivity contribution in [2.45, 2.75) is 13.0 Å². The number of aromatic nitrogens is 2. The Balaban J connectivity index is 2.26. The third kappa shape index (κ3) is 2.12. The largest absolute Gasteiger partial charge is 0.464 e. The van der Waals surface area contributed by atoms with Gasteiger partial charge in [-0.25, -0.2) is 4.79 Å². The number of halogens is 1. The molecule has 0 radical (unpaired) electrons. The predicted octanol–water partition coefficient (Wildman–Crippen LogP) is 0.320. The lowest BCUT2D eigenvalue weighted by Crippen LogP contribution is -2.37. The van der Waals surface area contributed by atoms with Crippen LogP contribution in [0.2, 0.25) is 0 Å². The zero-order chi connectivity index (χ0) is 12.4. The Bertz CT molecular complexity index is 458. The zero-order valence-corrected chi connectivity index (χ0v) is 10.1. The summed E-state index contributed by atoms with van der Waals surface area (Å²) in [5.41, 5.74) is 1.85. The second kappa shape index (κ2) is 4.75.